The number of rotatable bonds is 1. The second-order valence-corrected chi connectivity index (χ2v) is 2.89. The van der Waals surface area contributed by atoms with Crippen LogP contribution in [0.25, 0.3) is 0 Å². The molecule has 1 aromatic rings. The van der Waals surface area contributed by atoms with Gasteiger partial charge in [0.05, 0.1) is 11.8 Å². The quantitative estimate of drug-likeness (QED) is 0.443. The van der Waals surface area contributed by atoms with E-state index < -0.39 is 11.7 Å². The molecule has 0 radical (unpaired) electrons. The second-order valence-electron chi connectivity index (χ2n) is 2.48. The first-order valence-electron chi connectivity index (χ1n) is 3.49. The Hall–Kier alpha value is -1.23. The van der Waals surface area contributed by atoms with Crippen LogP contribution in [0.4, 0.5) is 13.2 Å². The third-order valence-electron chi connectivity index (χ3n) is 1.52. The fourth-order valence-corrected chi connectivity index (χ4v) is 1.05. The normalized spacial score (nSPS) is 12.3. The van der Waals surface area contributed by atoms with Crippen molar-refractivity contribution >= 4 is 17.8 Å². The van der Waals surface area contributed by atoms with Gasteiger partial charge in [-0.15, -0.1) is 0 Å². The lowest BCUT2D eigenvalue weighted by Gasteiger charge is -2.07. The van der Waals surface area contributed by atoms with Gasteiger partial charge >= 0.3 is 6.18 Å². The predicted octanol–water partition coefficient (Wildman–Crippen LogP) is 3.17. The molecule has 0 aromatic heterocycles. The van der Waals surface area contributed by atoms with Crippen molar-refractivity contribution in [3.05, 3.63) is 34.3 Å². The molecular weight excluding hydrogens is 219 g/mol. The number of nitrogens with zero attached hydrogens (tertiary/aromatic N) is 1. The van der Waals surface area contributed by atoms with E-state index in [0.717, 1.165) is 24.4 Å². The molecule has 2 nitrogen and oxygen atoms in total. The van der Waals surface area contributed by atoms with E-state index >= 15 is 0 Å². The first-order chi connectivity index (χ1) is 6.45. The molecule has 0 unspecified atom stereocenters. The molecule has 14 heavy (non-hydrogen) atoms. The highest BCUT2D eigenvalue weighted by Gasteiger charge is 2.30. The van der Waals surface area contributed by atoms with Crippen LogP contribution >= 0.6 is 11.6 Å². The molecular formula is C8H5ClF3NO. The molecule has 0 spiro atoms. The first kappa shape index (κ1) is 10.8. The van der Waals surface area contributed by atoms with Gasteiger partial charge < -0.3 is 5.21 Å². The molecule has 0 aliphatic carbocycles. The maximum atomic E-state index is 12.2. The van der Waals surface area contributed by atoms with Crippen LogP contribution in [0.15, 0.2) is 23.4 Å². The maximum absolute atomic E-state index is 12.2. The highest BCUT2D eigenvalue weighted by molar-refractivity contribution is 6.33. The highest BCUT2D eigenvalue weighted by Crippen LogP contribution is 2.31. The van der Waals surface area contributed by atoms with Crippen LogP contribution < -0.4 is 0 Å². The van der Waals surface area contributed by atoms with Crippen molar-refractivity contribution in [3.8, 4) is 0 Å². The molecule has 0 aliphatic heterocycles. The van der Waals surface area contributed by atoms with Crippen LogP contribution in [0.1, 0.15) is 11.1 Å². The zero-order valence-corrected chi connectivity index (χ0v) is 7.47. The minimum atomic E-state index is -4.43. The van der Waals surface area contributed by atoms with Crippen LogP contribution in [-0.2, 0) is 6.18 Å². The van der Waals surface area contributed by atoms with Crippen LogP contribution in [0, 0.1) is 0 Å². The number of alkyl halides is 3. The van der Waals surface area contributed by atoms with Gasteiger partial charge in [0, 0.05) is 10.6 Å². The van der Waals surface area contributed by atoms with Crippen molar-refractivity contribution in [2.24, 2.45) is 5.16 Å². The van der Waals surface area contributed by atoms with Crippen LogP contribution in [0.2, 0.25) is 5.02 Å². The fourth-order valence-electron chi connectivity index (χ4n) is 0.881. The van der Waals surface area contributed by atoms with E-state index in [1.165, 1.54) is 0 Å². The zero-order chi connectivity index (χ0) is 10.8. The molecule has 0 saturated carbocycles. The van der Waals surface area contributed by atoms with Crippen molar-refractivity contribution in [2.45, 2.75) is 6.18 Å². The van der Waals surface area contributed by atoms with Crippen molar-refractivity contribution in [1.29, 1.82) is 0 Å². The van der Waals surface area contributed by atoms with Crippen molar-refractivity contribution < 1.29 is 18.4 Å². The molecule has 6 heteroatoms. The average Bonchev–Trinajstić information content (AvgIpc) is 2.07. The lowest BCUT2D eigenvalue weighted by atomic mass is 10.1. The molecule has 76 valence electrons. The van der Waals surface area contributed by atoms with E-state index in [4.69, 9.17) is 16.8 Å². The number of halogens is 4. The summed E-state index contributed by atoms with van der Waals surface area (Å²) in [7, 11) is 0. The Balaban J connectivity index is 3.19. The lowest BCUT2D eigenvalue weighted by Crippen LogP contribution is -2.05. The van der Waals surface area contributed by atoms with Crippen LogP contribution in [0.3, 0.4) is 0 Å². The Labute approximate surface area is 82.6 Å². The molecule has 0 amide bonds. The summed E-state index contributed by atoms with van der Waals surface area (Å²) in [6.45, 7) is 0. The molecule has 0 saturated heterocycles. The fraction of sp³-hybridized carbons (Fsp3) is 0.125. The summed E-state index contributed by atoms with van der Waals surface area (Å²) in [5, 5.41) is 10.9. The van der Waals surface area contributed by atoms with Gasteiger partial charge in [-0.25, -0.2) is 0 Å². The average molecular weight is 224 g/mol. The van der Waals surface area contributed by atoms with Gasteiger partial charge in [0.25, 0.3) is 0 Å². The molecule has 0 atom stereocenters. The van der Waals surface area contributed by atoms with E-state index in [2.05, 4.69) is 5.16 Å². The third-order valence-corrected chi connectivity index (χ3v) is 1.86. The minimum Gasteiger partial charge on any atom is -0.411 e. The molecule has 0 heterocycles. The first-order valence-corrected chi connectivity index (χ1v) is 3.87. The lowest BCUT2D eigenvalue weighted by molar-refractivity contribution is -0.137. The summed E-state index contributed by atoms with van der Waals surface area (Å²) in [6.07, 6.45) is -3.58. The number of hydrogen-bond donors (Lipinski definition) is 1. The summed E-state index contributed by atoms with van der Waals surface area (Å²) in [5.74, 6) is 0. The van der Waals surface area contributed by atoms with Crippen molar-refractivity contribution in [2.75, 3.05) is 0 Å². The Kier molecular flexibility index (Phi) is 3.00. The standard InChI is InChI=1S/C8H5ClF3NO/c9-7-2-1-6(8(10,11)12)3-5(7)4-13-14/h1-4,14H/b13-4+. The predicted molar refractivity (Wildman–Crippen MR) is 45.8 cm³/mol. The zero-order valence-electron chi connectivity index (χ0n) is 6.72. The van der Waals surface area contributed by atoms with Gasteiger partial charge in [-0.2, -0.15) is 13.2 Å². The molecule has 1 N–H and O–H groups in total. The van der Waals surface area contributed by atoms with Crippen molar-refractivity contribution in [1.82, 2.24) is 0 Å². The molecule has 1 aromatic carbocycles. The Morgan fingerprint density at radius 2 is 2.00 bits per heavy atom. The van der Waals surface area contributed by atoms with E-state index in [9.17, 15) is 13.2 Å². The summed E-state index contributed by atoms with van der Waals surface area (Å²) in [6, 6.07) is 2.76. The van der Waals surface area contributed by atoms with E-state index in [1.54, 1.807) is 0 Å². The summed E-state index contributed by atoms with van der Waals surface area (Å²) >= 11 is 5.56. The van der Waals surface area contributed by atoms with E-state index in [1.807, 2.05) is 0 Å². The molecule has 0 fully saturated rings. The van der Waals surface area contributed by atoms with Gasteiger partial charge in [0.2, 0.25) is 0 Å². The molecule has 0 aliphatic rings. The minimum absolute atomic E-state index is 0.0176. The molecule has 0 bridgehead atoms. The van der Waals surface area contributed by atoms with Gasteiger partial charge in [-0.1, -0.05) is 16.8 Å². The van der Waals surface area contributed by atoms with Gasteiger partial charge in [-0.3, -0.25) is 0 Å². The number of hydrogen-bond acceptors (Lipinski definition) is 2. The smallest absolute Gasteiger partial charge is 0.411 e. The van der Waals surface area contributed by atoms with Crippen molar-refractivity contribution in [3.63, 3.8) is 0 Å². The Bertz CT molecular complexity index is 362. The van der Waals surface area contributed by atoms with Gasteiger partial charge in [0.15, 0.2) is 0 Å². The molecule has 1 rings (SSSR count). The highest BCUT2D eigenvalue weighted by atomic mass is 35.5. The summed E-state index contributed by atoms with van der Waals surface area (Å²) < 4.78 is 36.6. The Morgan fingerprint density at radius 1 is 1.36 bits per heavy atom. The third kappa shape index (κ3) is 2.38. The largest absolute Gasteiger partial charge is 0.416 e. The topological polar surface area (TPSA) is 32.6 Å². The van der Waals surface area contributed by atoms with E-state index in [-0.39, 0.29) is 10.6 Å². The second kappa shape index (κ2) is 3.88. The monoisotopic (exact) mass is 223 g/mol. The number of benzene rings is 1. The van der Waals surface area contributed by atoms with E-state index in [0.29, 0.717) is 0 Å². The number of oxime groups is 1. The maximum Gasteiger partial charge on any atom is 0.416 e. The summed E-state index contributed by atoms with van der Waals surface area (Å²) in [5.41, 5.74) is -0.819. The van der Waals surface area contributed by atoms with Crippen LogP contribution in [0.5, 0.6) is 0 Å². The summed E-state index contributed by atoms with van der Waals surface area (Å²) in [4.78, 5) is 0. The Morgan fingerprint density at radius 3 is 2.50 bits per heavy atom. The van der Waals surface area contributed by atoms with Crippen LogP contribution in [-0.4, -0.2) is 11.4 Å². The van der Waals surface area contributed by atoms with Gasteiger partial charge in [-0.05, 0) is 18.2 Å². The SMILES string of the molecule is O/N=C/c1cc(C(F)(F)F)ccc1Cl. The van der Waals surface area contributed by atoms with Gasteiger partial charge in [0.1, 0.15) is 0 Å².